The van der Waals surface area contributed by atoms with Crippen LogP contribution in [0.2, 0.25) is 0 Å². The number of aryl methyl sites for hydroxylation is 3. The summed E-state index contributed by atoms with van der Waals surface area (Å²) in [6, 6.07) is 10.6. The van der Waals surface area contributed by atoms with Crippen LogP contribution in [0.4, 0.5) is 0 Å². The molecule has 4 heteroatoms. The summed E-state index contributed by atoms with van der Waals surface area (Å²) in [5, 5.41) is 2.14. The zero-order valence-corrected chi connectivity index (χ0v) is 12.5. The summed E-state index contributed by atoms with van der Waals surface area (Å²) in [5.41, 5.74) is 9.07. The SMILES string of the molecule is Cn1c(CCCc2cccs2)nc2cc(CN)ccc21. The van der Waals surface area contributed by atoms with Crippen LogP contribution in [-0.4, -0.2) is 9.55 Å². The van der Waals surface area contributed by atoms with Gasteiger partial charge in [-0.1, -0.05) is 12.1 Å². The molecule has 0 saturated carbocycles. The largest absolute Gasteiger partial charge is 0.331 e. The molecule has 0 radical (unpaired) electrons. The molecule has 0 unspecified atom stereocenters. The number of imidazole rings is 1. The van der Waals surface area contributed by atoms with Crippen LogP contribution in [0.5, 0.6) is 0 Å². The second kappa shape index (κ2) is 5.77. The third kappa shape index (κ3) is 2.62. The first-order valence-electron chi connectivity index (χ1n) is 6.94. The van der Waals surface area contributed by atoms with Crippen LogP contribution >= 0.6 is 11.3 Å². The second-order valence-corrected chi connectivity index (χ2v) is 6.08. The molecule has 3 aromatic rings. The van der Waals surface area contributed by atoms with Crippen molar-refractivity contribution in [1.82, 2.24) is 9.55 Å². The molecule has 0 spiro atoms. The average Bonchev–Trinajstić information content (AvgIpc) is 3.08. The van der Waals surface area contributed by atoms with Gasteiger partial charge in [0, 0.05) is 24.9 Å². The third-order valence-electron chi connectivity index (χ3n) is 3.68. The molecular formula is C16H19N3S. The maximum atomic E-state index is 5.69. The molecule has 0 amide bonds. The van der Waals surface area contributed by atoms with Gasteiger partial charge >= 0.3 is 0 Å². The topological polar surface area (TPSA) is 43.8 Å². The first-order chi connectivity index (χ1) is 9.78. The molecule has 0 aliphatic heterocycles. The van der Waals surface area contributed by atoms with E-state index in [0.29, 0.717) is 6.54 Å². The van der Waals surface area contributed by atoms with E-state index >= 15 is 0 Å². The Bertz CT molecular complexity index is 698. The van der Waals surface area contributed by atoms with E-state index in [1.165, 1.54) is 10.4 Å². The van der Waals surface area contributed by atoms with Crippen LogP contribution in [0.15, 0.2) is 35.7 Å². The van der Waals surface area contributed by atoms with E-state index in [9.17, 15) is 0 Å². The molecule has 0 atom stereocenters. The van der Waals surface area contributed by atoms with Crippen molar-refractivity contribution in [3.63, 3.8) is 0 Å². The van der Waals surface area contributed by atoms with Gasteiger partial charge < -0.3 is 10.3 Å². The van der Waals surface area contributed by atoms with Crippen LogP contribution < -0.4 is 5.73 Å². The number of benzene rings is 1. The Labute approximate surface area is 123 Å². The van der Waals surface area contributed by atoms with E-state index in [1.807, 2.05) is 11.3 Å². The lowest BCUT2D eigenvalue weighted by molar-refractivity contribution is 0.737. The van der Waals surface area contributed by atoms with Crippen LogP contribution in [0.25, 0.3) is 11.0 Å². The van der Waals surface area contributed by atoms with E-state index in [4.69, 9.17) is 10.7 Å². The van der Waals surface area contributed by atoms with Crippen molar-refractivity contribution in [1.29, 1.82) is 0 Å². The van der Waals surface area contributed by atoms with Crippen LogP contribution in [0.3, 0.4) is 0 Å². The number of nitrogens with zero attached hydrogens (tertiary/aromatic N) is 2. The number of rotatable bonds is 5. The predicted molar refractivity (Wildman–Crippen MR) is 84.9 cm³/mol. The number of aromatic nitrogens is 2. The van der Waals surface area contributed by atoms with Crippen LogP contribution in [0, 0.1) is 0 Å². The lowest BCUT2D eigenvalue weighted by Gasteiger charge is -2.02. The maximum Gasteiger partial charge on any atom is 0.109 e. The standard InChI is InChI=1S/C16H19N3S/c1-19-15-8-7-12(11-17)10-14(15)18-16(19)6-2-4-13-5-3-9-20-13/h3,5,7-10H,2,4,6,11,17H2,1H3. The van der Waals surface area contributed by atoms with Gasteiger partial charge in [0.2, 0.25) is 0 Å². The summed E-state index contributed by atoms with van der Waals surface area (Å²) in [7, 11) is 2.10. The fourth-order valence-corrected chi connectivity index (χ4v) is 3.27. The number of nitrogens with two attached hydrogens (primary N) is 1. The van der Waals surface area contributed by atoms with Gasteiger partial charge in [-0.25, -0.2) is 4.98 Å². The number of hydrogen-bond donors (Lipinski definition) is 1. The molecule has 2 heterocycles. The Morgan fingerprint density at radius 2 is 2.15 bits per heavy atom. The zero-order chi connectivity index (χ0) is 13.9. The van der Waals surface area contributed by atoms with Crippen molar-refractivity contribution in [2.75, 3.05) is 0 Å². The first-order valence-corrected chi connectivity index (χ1v) is 7.82. The average molecular weight is 285 g/mol. The summed E-state index contributed by atoms with van der Waals surface area (Å²) in [6.07, 6.45) is 3.29. The molecule has 2 N–H and O–H groups in total. The van der Waals surface area contributed by atoms with Crippen molar-refractivity contribution >= 4 is 22.4 Å². The minimum atomic E-state index is 0.570. The first kappa shape index (κ1) is 13.3. The molecule has 104 valence electrons. The van der Waals surface area contributed by atoms with E-state index in [1.54, 1.807) is 0 Å². The smallest absolute Gasteiger partial charge is 0.109 e. The van der Waals surface area contributed by atoms with Crippen LogP contribution in [0.1, 0.15) is 22.7 Å². The van der Waals surface area contributed by atoms with E-state index in [2.05, 4.69) is 47.3 Å². The second-order valence-electron chi connectivity index (χ2n) is 5.05. The molecule has 2 aromatic heterocycles. The highest BCUT2D eigenvalue weighted by atomic mass is 32.1. The molecule has 0 bridgehead atoms. The Kier molecular flexibility index (Phi) is 3.85. The quantitative estimate of drug-likeness (QED) is 0.782. The predicted octanol–water partition coefficient (Wildman–Crippen LogP) is 3.27. The van der Waals surface area contributed by atoms with E-state index in [0.717, 1.165) is 36.2 Å². The van der Waals surface area contributed by atoms with Gasteiger partial charge in [0.25, 0.3) is 0 Å². The molecule has 0 saturated heterocycles. The molecule has 3 nitrogen and oxygen atoms in total. The summed E-state index contributed by atoms with van der Waals surface area (Å²) in [6.45, 7) is 0.570. The molecule has 0 aliphatic carbocycles. The Hall–Kier alpha value is -1.65. The molecule has 0 fully saturated rings. The molecule has 1 aromatic carbocycles. The number of thiophene rings is 1. The highest BCUT2D eigenvalue weighted by Gasteiger charge is 2.08. The molecule has 0 aliphatic rings. The minimum absolute atomic E-state index is 0.570. The third-order valence-corrected chi connectivity index (χ3v) is 4.61. The molecular weight excluding hydrogens is 266 g/mol. The van der Waals surface area contributed by atoms with Crippen molar-refractivity contribution in [3.05, 3.63) is 52.0 Å². The van der Waals surface area contributed by atoms with Crippen LogP contribution in [-0.2, 0) is 26.4 Å². The van der Waals surface area contributed by atoms with Crippen molar-refractivity contribution in [2.45, 2.75) is 25.8 Å². The Morgan fingerprint density at radius 1 is 1.25 bits per heavy atom. The van der Waals surface area contributed by atoms with Gasteiger partial charge in [0.15, 0.2) is 0 Å². The molecule has 3 rings (SSSR count). The monoisotopic (exact) mass is 285 g/mol. The summed E-state index contributed by atoms with van der Waals surface area (Å²) in [4.78, 5) is 6.20. The Morgan fingerprint density at radius 3 is 2.90 bits per heavy atom. The van der Waals surface area contributed by atoms with Gasteiger partial charge in [0.05, 0.1) is 11.0 Å². The lowest BCUT2D eigenvalue weighted by atomic mass is 10.2. The number of hydrogen-bond acceptors (Lipinski definition) is 3. The van der Waals surface area contributed by atoms with Crippen molar-refractivity contribution < 1.29 is 0 Å². The van der Waals surface area contributed by atoms with E-state index < -0.39 is 0 Å². The minimum Gasteiger partial charge on any atom is -0.331 e. The summed E-state index contributed by atoms with van der Waals surface area (Å²) < 4.78 is 2.20. The normalized spacial score (nSPS) is 11.3. The highest BCUT2D eigenvalue weighted by Crippen LogP contribution is 2.19. The Balaban J connectivity index is 1.75. The summed E-state index contributed by atoms with van der Waals surface area (Å²) >= 11 is 1.83. The van der Waals surface area contributed by atoms with Gasteiger partial charge in [-0.15, -0.1) is 11.3 Å². The summed E-state index contributed by atoms with van der Waals surface area (Å²) in [5.74, 6) is 1.16. The zero-order valence-electron chi connectivity index (χ0n) is 11.7. The highest BCUT2D eigenvalue weighted by molar-refractivity contribution is 7.09. The van der Waals surface area contributed by atoms with E-state index in [-0.39, 0.29) is 0 Å². The van der Waals surface area contributed by atoms with Gasteiger partial charge in [0.1, 0.15) is 5.82 Å². The lowest BCUT2D eigenvalue weighted by Crippen LogP contribution is -1.98. The number of fused-ring (bicyclic) bond motifs is 1. The fourth-order valence-electron chi connectivity index (χ4n) is 2.52. The van der Waals surface area contributed by atoms with Crippen molar-refractivity contribution in [3.8, 4) is 0 Å². The molecule has 20 heavy (non-hydrogen) atoms. The van der Waals surface area contributed by atoms with Crippen molar-refractivity contribution in [2.24, 2.45) is 12.8 Å². The van der Waals surface area contributed by atoms with Gasteiger partial charge in [-0.3, -0.25) is 0 Å². The van der Waals surface area contributed by atoms with Gasteiger partial charge in [-0.2, -0.15) is 0 Å². The van der Waals surface area contributed by atoms with Gasteiger partial charge in [-0.05, 0) is 42.0 Å². The maximum absolute atomic E-state index is 5.69. The fraction of sp³-hybridized carbons (Fsp3) is 0.312.